The molecule has 0 bridgehead atoms. The highest BCUT2D eigenvalue weighted by Crippen LogP contribution is 2.19. The molecule has 1 heterocycles. The Morgan fingerprint density at radius 2 is 2.22 bits per heavy atom. The normalized spacial score (nSPS) is 25.3. The van der Waals surface area contributed by atoms with Crippen molar-refractivity contribution in [3.05, 3.63) is 35.4 Å². The van der Waals surface area contributed by atoms with Crippen LogP contribution in [0, 0.1) is 11.6 Å². The third-order valence-corrected chi connectivity index (χ3v) is 3.93. The van der Waals surface area contributed by atoms with E-state index in [9.17, 15) is 8.78 Å². The van der Waals surface area contributed by atoms with Crippen LogP contribution in [0.25, 0.3) is 0 Å². The molecule has 1 aromatic carbocycles. The number of benzene rings is 1. The summed E-state index contributed by atoms with van der Waals surface area (Å²) in [5.41, 5.74) is 0.400. The van der Waals surface area contributed by atoms with Crippen LogP contribution in [0.3, 0.4) is 0 Å². The summed E-state index contributed by atoms with van der Waals surface area (Å²) in [4.78, 5) is 2.12. The maximum Gasteiger partial charge on any atom is 0.163 e. The first-order chi connectivity index (χ1) is 8.61. The molecule has 1 saturated heterocycles. The fraction of sp³-hybridized carbons (Fsp3) is 0.538. The molecule has 0 radical (unpaired) electrons. The quantitative estimate of drug-likeness (QED) is 0.794. The number of halogens is 3. The summed E-state index contributed by atoms with van der Waals surface area (Å²) in [5.74, 6) is -1.53. The number of nitrogens with zero attached hydrogens (tertiary/aromatic N) is 1. The Kier molecular flexibility index (Phi) is 4.70. The van der Waals surface area contributed by atoms with Gasteiger partial charge >= 0.3 is 0 Å². The largest absolute Gasteiger partial charge is 0.374 e. The van der Waals surface area contributed by atoms with Crippen LogP contribution in [-0.2, 0) is 11.3 Å². The summed E-state index contributed by atoms with van der Waals surface area (Å²) < 4.78 is 32.4. The predicted octanol–water partition coefficient (Wildman–Crippen LogP) is 2.95. The van der Waals surface area contributed by atoms with Gasteiger partial charge in [0.1, 0.15) is 0 Å². The lowest BCUT2D eigenvalue weighted by Gasteiger charge is -2.37. The van der Waals surface area contributed by atoms with Crippen molar-refractivity contribution < 1.29 is 13.5 Å². The van der Waals surface area contributed by atoms with Crippen LogP contribution >= 0.6 is 15.9 Å². The van der Waals surface area contributed by atoms with E-state index in [1.165, 1.54) is 0 Å². The van der Waals surface area contributed by atoms with Crippen molar-refractivity contribution in [2.24, 2.45) is 0 Å². The van der Waals surface area contributed by atoms with E-state index in [0.717, 1.165) is 17.9 Å². The van der Waals surface area contributed by atoms with Gasteiger partial charge in [-0.1, -0.05) is 28.1 Å². The lowest BCUT2D eigenvalue weighted by molar-refractivity contribution is -0.0503. The second-order valence-electron chi connectivity index (χ2n) is 4.60. The molecule has 1 aliphatic rings. The summed E-state index contributed by atoms with van der Waals surface area (Å²) in [5, 5.41) is 0.752. The smallest absolute Gasteiger partial charge is 0.163 e. The standard InChI is InChI=1S/C13H16BrF2NO/c1-9-8-18-11(5-14)7-17(9)6-10-3-2-4-12(15)13(10)16/h2-4,9,11H,5-8H2,1H3. The van der Waals surface area contributed by atoms with Gasteiger partial charge in [-0.25, -0.2) is 8.78 Å². The zero-order valence-electron chi connectivity index (χ0n) is 10.2. The van der Waals surface area contributed by atoms with Crippen LogP contribution in [0.15, 0.2) is 18.2 Å². The Morgan fingerprint density at radius 3 is 2.94 bits per heavy atom. The maximum atomic E-state index is 13.6. The van der Waals surface area contributed by atoms with Gasteiger partial charge in [-0.05, 0) is 13.0 Å². The second-order valence-corrected chi connectivity index (χ2v) is 5.25. The Morgan fingerprint density at radius 1 is 1.44 bits per heavy atom. The molecule has 5 heteroatoms. The zero-order valence-corrected chi connectivity index (χ0v) is 11.8. The number of morpholine rings is 1. The average Bonchev–Trinajstić information content (AvgIpc) is 2.37. The van der Waals surface area contributed by atoms with Gasteiger partial charge in [-0.2, -0.15) is 0 Å². The fourth-order valence-corrected chi connectivity index (χ4v) is 2.47. The van der Waals surface area contributed by atoms with E-state index in [1.54, 1.807) is 12.1 Å². The van der Waals surface area contributed by atoms with Gasteiger partial charge in [-0.3, -0.25) is 4.90 Å². The van der Waals surface area contributed by atoms with Crippen LogP contribution in [0.5, 0.6) is 0 Å². The number of ether oxygens (including phenoxy) is 1. The van der Waals surface area contributed by atoms with Crippen LogP contribution < -0.4 is 0 Å². The molecule has 1 aliphatic heterocycles. The molecular formula is C13H16BrF2NO. The number of hydrogen-bond acceptors (Lipinski definition) is 2. The topological polar surface area (TPSA) is 12.5 Å². The van der Waals surface area contributed by atoms with Crippen LogP contribution in [0.2, 0.25) is 0 Å². The summed E-state index contributed by atoms with van der Waals surface area (Å²) in [7, 11) is 0. The monoisotopic (exact) mass is 319 g/mol. The van der Waals surface area contributed by atoms with Gasteiger partial charge in [-0.15, -0.1) is 0 Å². The number of alkyl halides is 1. The van der Waals surface area contributed by atoms with Gasteiger partial charge in [0.05, 0.1) is 12.7 Å². The highest BCUT2D eigenvalue weighted by atomic mass is 79.9. The molecular weight excluding hydrogens is 304 g/mol. The van der Waals surface area contributed by atoms with Crippen LogP contribution in [0.4, 0.5) is 8.78 Å². The van der Waals surface area contributed by atoms with Crippen molar-refractivity contribution in [3.63, 3.8) is 0 Å². The molecule has 2 rings (SSSR count). The fourth-order valence-electron chi connectivity index (χ4n) is 2.08. The number of hydrogen-bond donors (Lipinski definition) is 0. The third kappa shape index (κ3) is 3.08. The average molecular weight is 320 g/mol. The second kappa shape index (κ2) is 6.08. The van der Waals surface area contributed by atoms with E-state index in [1.807, 2.05) is 6.92 Å². The van der Waals surface area contributed by atoms with Crippen LogP contribution in [0.1, 0.15) is 12.5 Å². The molecule has 1 fully saturated rings. The molecule has 0 saturated carbocycles. The van der Waals surface area contributed by atoms with Gasteiger partial charge < -0.3 is 4.74 Å². The van der Waals surface area contributed by atoms with Crippen molar-refractivity contribution in [3.8, 4) is 0 Å². The molecule has 2 atom stereocenters. The molecule has 0 amide bonds. The molecule has 0 aliphatic carbocycles. The summed E-state index contributed by atoms with van der Waals surface area (Å²) in [6.07, 6.45) is 0.109. The third-order valence-electron chi connectivity index (χ3n) is 3.21. The molecule has 0 spiro atoms. The first-order valence-electron chi connectivity index (χ1n) is 5.96. The lowest BCUT2D eigenvalue weighted by atomic mass is 10.1. The SMILES string of the molecule is CC1COC(CBr)CN1Cc1cccc(F)c1F. The molecule has 0 aromatic heterocycles. The number of rotatable bonds is 3. The van der Waals surface area contributed by atoms with Crippen molar-refractivity contribution in [1.82, 2.24) is 4.90 Å². The van der Waals surface area contributed by atoms with E-state index in [2.05, 4.69) is 20.8 Å². The molecule has 2 unspecified atom stereocenters. The molecule has 0 N–H and O–H groups in total. The highest BCUT2D eigenvalue weighted by molar-refractivity contribution is 9.09. The van der Waals surface area contributed by atoms with Gasteiger partial charge in [0.25, 0.3) is 0 Å². The lowest BCUT2D eigenvalue weighted by Crippen LogP contribution is -2.48. The highest BCUT2D eigenvalue weighted by Gasteiger charge is 2.26. The first kappa shape index (κ1) is 13.9. The van der Waals surface area contributed by atoms with Crippen molar-refractivity contribution in [2.75, 3.05) is 18.5 Å². The first-order valence-corrected chi connectivity index (χ1v) is 7.08. The molecule has 2 nitrogen and oxygen atoms in total. The van der Waals surface area contributed by atoms with E-state index in [0.29, 0.717) is 18.7 Å². The van der Waals surface area contributed by atoms with Crippen molar-refractivity contribution in [2.45, 2.75) is 25.6 Å². The summed E-state index contributed by atoms with van der Waals surface area (Å²) >= 11 is 3.38. The Hall–Kier alpha value is -0.520. The van der Waals surface area contributed by atoms with Crippen molar-refractivity contribution >= 4 is 15.9 Å². The van der Waals surface area contributed by atoms with Gasteiger partial charge in [0.2, 0.25) is 0 Å². The zero-order chi connectivity index (χ0) is 13.1. The van der Waals surface area contributed by atoms with E-state index < -0.39 is 11.6 Å². The van der Waals surface area contributed by atoms with E-state index >= 15 is 0 Å². The maximum absolute atomic E-state index is 13.6. The minimum atomic E-state index is -0.787. The minimum Gasteiger partial charge on any atom is -0.374 e. The van der Waals surface area contributed by atoms with Gasteiger partial charge in [0.15, 0.2) is 11.6 Å². The Labute approximate surface area is 114 Å². The van der Waals surface area contributed by atoms with E-state index in [-0.39, 0.29) is 12.1 Å². The molecule has 1 aromatic rings. The van der Waals surface area contributed by atoms with Gasteiger partial charge in [0, 0.05) is 30.0 Å². The van der Waals surface area contributed by atoms with Crippen LogP contribution in [-0.4, -0.2) is 35.5 Å². The molecule has 100 valence electrons. The Bertz CT molecular complexity index is 416. The van der Waals surface area contributed by atoms with Crippen molar-refractivity contribution in [1.29, 1.82) is 0 Å². The van der Waals surface area contributed by atoms with E-state index in [4.69, 9.17) is 4.74 Å². The predicted molar refractivity (Wildman–Crippen MR) is 69.8 cm³/mol. The summed E-state index contributed by atoms with van der Waals surface area (Å²) in [6, 6.07) is 4.52. The Balaban J connectivity index is 2.09. The minimum absolute atomic E-state index is 0.109. The summed E-state index contributed by atoms with van der Waals surface area (Å²) in [6.45, 7) is 3.79. The molecule has 18 heavy (non-hydrogen) atoms.